The van der Waals surface area contributed by atoms with Gasteiger partial charge in [0.05, 0.1) is 17.3 Å². The van der Waals surface area contributed by atoms with Crippen LogP contribution in [0.5, 0.6) is 0 Å². The lowest BCUT2D eigenvalue weighted by Gasteiger charge is -2.49. The van der Waals surface area contributed by atoms with E-state index in [0.717, 1.165) is 13.3 Å². The van der Waals surface area contributed by atoms with Gasteiger partial charge in [-0.2, -0.15) is 5.47 Å². The van der Waals surface area contributed by atoms with E-state index in [1.54, 1.807) is 6.07 Å². The summed E-state index contributed by atoms with van der Waals surface area (Å²) in [4.78, 5) is 0.564. The van der Waals surface area contributed by atoms with E-state index in [4.69, 9.17) is 0 Å². The van der Waals surface area contributed by atoms with E-state index in [0.29, 0.717) is 17.7 Å². The van der Waals surface area contributed by atoms with Crippen LogP contribution >= 0.6 is 0 Å². The zero-order chi connectivity index (χ0) is 32.9. The molecule has 4 rings (SSSR count). The number of hydrogen-bond acceptors (Lipinski definition) is 0. The van der Waals surface area contributed by atoms with E-state index in [2.05, 4.69) is 11.7 Å². The Morgan fingerprint density at radius 3 is 1.39 bits per heavy atom. The number of likely N-dealkylation sites (tertiary alicyclic amines) is 1. The van der Waals surface area contributed by atoms with Gasteiger partial charge in [0.25, 0.3) is 0 Å². The molecule has 1 N–H and O–H groups in total. The molecular weight excluding hydrogens is 599 g/mol. The summed E-state index contributed by atoms with van der Waals surface area (Å²) in [5.74, 6) is -20.4. The number of quaternary nitrogens is 1. The third-order valence-electron chi connectivity index (χ3n) is 8.68. The molecule has 0 radical (unpaired) electrons. The molecule has 0 bridgehead atoms. The van der Waals surface area contributed by atoms with Crippen molar-refractivity contribution < 1.29 is 48.8 Å². The molecule has 44 heavy (non-hydrogen) atoms. The molecule has 1 aliphatic rings. The maximum Gasteiger partial charge on any atom is 0.200 e. The van der Waals surface area contributed by atoms with Crippen LogP contribution in [0, 0.1) is 69.9 Å². The first kappa shape index (κ1) is 33.2. The molecule has 1 saturated heterocycles. The molecule has 1 heterocycles. The van der Waals surface area contributed by atoms with Crippen molar-refractivity contribution in [2.45, 2.75) is 65.0 Å². The van der Waals surface area contributed by atoms with Crippen LogP contribution in [0.25, 0.3) is 0 Å². The average Bonchev–Trinajstić information content (AvgIpc) is 2.97. The average molecular weight is 627 g/mol. The summed E-state index contributed by atoms with van der Waals surface area (Å²) < 4.78 is 151. The minimum absolute atomic E-state index is 0.0604. The number of halogens is 10. The van der Waals surface area contributed by atoms with Gasteiger partial charge in [-0.3, -0.25) is 5.82 Å². The Morgan fingerprint density at radius 2 is 1.00 bits per heavy atom. The maximum atomic E-state index is 15.8. The van der Waals surface area contributed by atoms with Crippen molar-refractivity contribution in [3.05, 3.63) is 106 Å². The quantitative estimate of drug-likeness (QED) is 0.114. The Bertz CT molecular complexity index is 1580. The lowest BCUT2D eigenvalue weighted by atomic mass is 9.15. The summed E-state index contributed by atoms with van der Waals surface area (Å²) in [6.07, 6.45) is -1.21. The van der Waals surface area contributed by atoms with Gasteiger partial charge in [0, 0.05) is 18.4 Å². The summed E-state index contributed by atoms with van der Waals surface area (Å²) >= 11 is 0. The molecule has 0 saturated carbocycles. The van der Waals surface area contributed by atoms with Gasteiger partial charge in [0.2, 0.25) is 0 Å². The van der Waals surface area contributed by atoms with Crippen LogP contribution in [-0.4, -0.2) is 17.2 Å². The number of nitrogens with one attached hydrogen (secondary N) is 1. The molecule has 0 amide bonds. The zero-order valence-corrected chi connectivity index (χ0v) is 24.4. The first-order valence-corrected chi connectivity index (χ1v) is 13.7. The normalized spacial score (nSPS) is 16.9. The van der Waals surface area contributed by atoms with Crippen LogP contribution in [0.2, 0.25) is 0 Å². The fourth-order valence-electron chi connectivity index (χ4n) is 6.48. The number of rotatable bonds is 4. The lowest BCUT2D eigenvalue weighted by Crippen LogP contribution is -3.23. The topological polar surface area (TPSA) is 4.44 Å². The van der Waals surface area contributed by atoms with Crippen LogP contribution in [0.4, 0.5) is 43.9 Å². The van der Waals surface area contributed by atoms with Gasteiger partial charge < -0.3 is 4.90 Å². The van der Waals surface area contributed by atoms with Crippen molar-refractivity contribution in [2.75, 3.05) is 0 Å². The molecule has 1 fully saturated rings. The summed E-state index contributed by atoms with van der Waals surface area (Å²) in [5.41, 5.74) is -5.36. The van der Waals surface area contributed by atoms with E-state index in [1.165, 1.54) is 30.5 Å². The van der Waals surface area contributed by atoms with Crippen LogP contribution in [0.3, 0.4) is 0 Å². The minimum atomic E-state index is -4.45. The Hall–Kier alpha value is -3.72. The summed E-state index contributed by atoms with van der Waals surface area (Å²) in [6.45, 7) is 8.38. The zero-order valence-electron chi connectivity index (χ0n) is 24.4. The van der Waals surface area contributed by atoms with Crippen molar-refractivity contribution in [1.29, 1.82) is 0 Å². The first-order chi connectivity index (χ1) is 20.4. The number of piperidine rings is 1. The van der Waals surface area contributed by atoms with Gasteiger partial charge >= 0.3 is 0 Å². The highest BCUT2D eigenvalue weighted by molar-refractivity contribution is 7.13. The molecule has 0 aliphatic carbocycles. The molecule has 3 aromatic rings. The molecule has 12 heteroatoms. The van der Waals surface area contributed by atoms with Crippen molar-refractivity contribution in [2.24, 2.45) is 0 Å². The SMILES string of the molecule is C/C(=C/[NH+]1C(C)(C)CCCC1(C)C)[B-](C#Cc1ccccc1)(c1c(F)c(F)c(F)c(F)c1F)c1c(F)c(F)c(F)c(F)c1F. The molecule has 234 valence electrons. The standard InChI is InChI=1S/C32H27BF10N/c1-17(16-44-31(2,3)13-9-14-32(44,4)5)33(15-12-18-10-7-6-8-11-18,19-21(34)25(38)29(42)26(39)22(19)35)20-23(36)27(40)30(43)28(41)24(20)37/h6-8,10-11,16H,9,13-14H2,1-5H3/q-1/p+1/b17-16-. The second-order valence-electron chi connectivity index (χ2n) is 12.4. The molecule has 0 spiro atoms. The second kappa shape index (κ2) is 11.7. The van der Waals surface area contributed by atoms with Crippen molar-refractivity contribution in [3.63, 3.8) is 0 Å². The van der Waals surface area contributed by atoms with E-state index in [9.17, 15) is 26.3 Å². The third-order valence-corrected chi connectivity index (χ3v) is 8.68. The Morgan fingerprint density at radius 1 is 0.636 bits per heavy atom. The lowest BCUT2D eigenvalue weighted by molar-refractivity contribution is -0.954. The highest BCUT2D eigenvalue weighted by Gasteiger charge is 2.47. The third kappa shape index (κ3) is 5.29. The smallest absolute Gasteiger partial charge is 0.200 e. The van der Waals surface area contributed by atoms with Gasteiger partial charge in [-0.25, -0.2) is 43.9 Å². The van der Waals surface area contributed by atoms with E-state index < -0.39 is 91.8 Å². The predicted molar refractivity (Wildman–Crippen MR) is 148 cm³/mol. The minimum Gasteiger partial charge on any atom is -0.303 e. The first-order valence-electron chi connectivity index (χ1n) is 13.7. The molecule has 1 aliphatic heterocycles. The molecule has 0 aromatic heterocycles. The number of allylic oxidation sites excluding steroid dienone is 1. The summed E-state index contributed by atoms with van der Waals surface area (Å²) in [5, 5.41) is 0. The monoisotopic (exact) mass is 627 g/mol. The van der Waals surface area contributed by atoms with Crippen LogP contribution in [0.15, 0.2) is 42.0 Å². The molecule has 0 unspecified atom stereocenters. The van der Waals surface area contributed by atoms with Crippen LogP contribution in [0.1, 0.15) is 59.4 Å². The molecule has 1 nitrogen and oxygen atoms in total. The molecule has 0 atom stereocenters. The second-order valence-corrected chi connectivity index (χ2v) is 12.4. The highest BCUT2D eigenvalue weighted by atomic mass is 19.2. The fourth-order valence-corrected chi connectivity index (χ4v) is 6.48. The summed E-state index contributed by atoms with van der Waals surface area (Å²) in [7, 11) is 0. The van der Waals surface area contributed by atoms with Crippen molar-refractivity contribution in [1.82, 2.24) is 0 Å². The van der Waals surface area contributed by atoms with Crippen LogP contribution < -0.4 is 15.8 Å². The number of hydrogen-bond donors (Lipinski definition) is 1. The Balaban J connectivity index is 2.32. The van der Waals surface area contributed by atoms with Gasteiger partial charge in [-0.1, -0.05) is 25.1 Å². The highest BCUT2D eigenvalue weighted by Crippen LogP contribution is 2.29. The summed E-state index contributed by atoms with van der Waals surface area (Å²) in [6, 6.07) is 7.24. The van der Waals surface area contributed by atoms with E-state index in [-0.39, 0.29) is 5.56 Å². The van der Waals surface area contributed by atoms with E-state index in [1.807, 2.05) is 27.7 Å². The fraction of sp³-hybridized carbons (Fsp3) is 0.312. The van der Waals surface area contributed by atoms with Crippen LogP contribution in [-0.2, 0) is 0 Å². The molecular formula is C32H28BF10N. The maximum absolute atomic E-state index is 15.8. The predicted octanol–water partition coefficient (Wildman–Crippen LogP) is 6.30. The Kier molecular flexibility index (Phi) is 8.79. The molecule has 3 aromatic carbocycles. The van der Waals surface area contributed by atoms with Gasteiger partial charge in [-0.05, 0) is 46.2 Å². The Labute approximate surface area is 248 Å². The van der Waals surface area contributed by atoms with Gasteiger partial charge in [0.15, 0.2) is 41.0 Å². The van der Waals surface area contributed by atoms with E-state index >= 15 is 17.6 Å². The largest absolute Gasteiger partial charge is 0.303 e. The van der Waals surface area contributed by atoms with Gasteiger partial charge in [0.1, 0.15) is 23.3 Å². The van der Waals surface area contributed by atoms with Gasteiger partial charge in [-0.15, -0.1) is 16.8 Å². The van der Waals surface area contributed by atoms with Crippen molar-refractivity contribution >= 4 is 17.1 Å². The van der Waals surface area contributed by atoms with Crippen molar-refractivity contribution in [3.8, 4) is 11.7 Å². The number of benzene rings is 3.